The van der Waals surface area contributed by atoms with Crippen LogP contribution in [0.15, 0.2) is 42.5 Å². The maximum Gasteiger partial charge on any atom is 0.203 e. The molecule has 3 rings (SSSR count). The first kappa shape index (κ1) is 18.2. The fourth-order valence-electron chi connectivity index (χ4n) is 2.78. The summed E-state index contributed by atoms with van der Waals surface area (Å²) in [6.07, 6.45) is 0.930. The van der Waals surface area contributed by atoms with Gasteiger partial charge in [0, 0.05) is 13.0 Å². The van der Waals surface area contributed by atoms with E-state index in [0.717, 1.165) is 24.5 Å². The predicted molar refractivity (Wildman–Crippen MR) is 98.9 cm³/mol. The van der Waals surface area contributed by atoms with Crippen LogP contribution in [-0.2, 0) is 0 Å². The van der Waals surface area contributed by atoms with E-state index in [0.29, 0.717) is 37.0 Å². The standard InChI is InChI=1S/C20H25NO5/c1-22-18-8-5-9-19(23-2)20(18)24-13-12-21-11-10-15-14-25-16-6-3-4-7-17(16)26-15/h3-9,15,21H,10-14H2,1-2H3. The van der Waals surface area contributed by atoms with Gasteiger partial charge in [-0.15, -0.1) is 0 Å². The summed E-state index contributed by atoms with van der Waals surface area (Å²) in [5.74, 6) is 3.58. The molecular weight excluding hydrogens is 334 g/mol. The molecule has 2 aromatic rings. The first-order valence-electron chi connectivity index (χ1n) is 8.75. The summed E-state index contributed by atoms with van der Waals surface area (Å²) in [6.45, 7) is 2.63. The number of hydrogen-bond acceptors (Lipinski definition) is 6. The van der Waals surface area contributed by atoms with Crippen molar-refractivity contribution in [1.82, 2.24) is 5.32 Å². The minimum Gasteiger partial charge on any atom is -0.493 e. The van der Waals surface area contributed by atoms with E-state index in [1.165, 1.54) is 0 Å². The molecule has 0 saturated carbocycles. The maximum absolute atomic E-state index is 5.94. The number of fused-ring (bicyclic) bond motifs is 1. The van der Waals surface area contributed by atoms with Crippen LogP contribution in [0.2, 0.25) is 0 Å². The highest BCUT2D eigenvalue weighted by Gasteiger charge is 2.19. The second-order valence-electron chi connectivity index (χ2n) is 5.88. The fraction of sp³-hybridized carbons (Fsp3) is 0.400. The largest absolute Gasteiger partial charge is 0.493 e. The van der Waals surface area contributed by atoms with Crippen LogP contribution in [-0.4, -0.2) is 46.6 Å². The Balaban J connectivity index is 1.37. The lowest BCUT2D eigenvalue weighted by Crippen LogP contribution is -2.33. The van der Waals surface area contributed by atoms with Crippen LogP contribution >= 0.6 is 0 Å². The van der Waals surface area contributed by atoms with E-state index in [4.69, 9.17) is 23.7 Å². The van der Waals surface area contributed by atoms with Crippen LogP contribution in [0.5, 0.6) is 28.7 Å². The summed E-state index contributed by atoms with van der Waals surface area (Å²) in [5.41, 5.74) is 0. The molecule has 1 heterocycles. The molecule has 6 nitrogen and oxygen atoms in total. The van der Waals surface area contributed by atoms with Crippen LogP contribution in [0.1, 0.15) is 6.42 Å². The second-order valence-corrected chi connectivity index (χ2v) is 5.88. The summed E-state index contributed by atoms with van der Waals surface area (Å²) in [5, 5.41) is 3.36. The molecule has 140 valence electrons. The third kappa shape index (κ3) is 4.52. The third-order valence-corrected chi connectivity index (χ3v) is 4.12. The Morgan fingerprint density at radius 2 is 1.69 bits per heavy atom. The average Bonchev–Trinajstić information content (AvgIpc) is 2.70. The molecule has 0 fully saturated rings. The SMILES string of the molecule is COc1cccc(OC)c1OCCNCCC1COc2ccccc2O1. The van der Waals surface area contributed by atoms with Crippen molar-refractivity contribution >= 4 is 0 Å². The van der Waals surface area contributed by atoms with Crippen molar-refractivity contribution in [3.05, 3.63) is 42.5 Å². The lowest BCUT2D eigenvalue weighted by atomic mass is 10.2. The molecule has 0 bridgehead atoms. The van der Waals surface area contributed by atoms with E-state index in [1.54, 1.807) is 14.2 Å². The van der Waals surface area contributed by atoms with Crippen molar-refractivity contribution in [1.29, 1.82) is 0 Å². The third-order valence-electron chi connectivity index (χ3n) is 4.12. The highest BCUT2D eigenvalue weighted by atomic mass is 16.6. The zero-order valence-corrected chi connectivity index (χ0v) is 15.2. The Hall–Kier alpha value is -2.60. The van der Waals surface area contributed by atoms with Crippen LogP contribution < -0.4 is 29.0 Å². The van der Waals surface area contributed by atoms with E-state index < -0.39 is 0 Å². The Morgan fingerprint density at radius 1 is 0.962 bits per heavy atom. The number of ether oxygens (including phenoxy) is 5. The van der Waals surface area contributed by atoms with E-state index in [1.807, 2.05) is 42.5 Å². The number of para-hydroxylation sites is 3. The first-order valence-corrected chi connectivity index (χ1v) is 8.75. The molecule has 0 spiro atoms. The highest BCUT2D eigenvalue weighted by molar-refractivity contribution is 5.51. The van der Waals surface area contributed by atoms with E-state index in [-0.39, 0.29) is 6.10 Å². The van der Waals surface area contributed by atoms with Crippen molar-refractivity contribution in [3.63, 3.8) is 0 Å². The normalized spacial score (nSPS) is 15.4. The minimum atomic E-state index is 0.0626. The van der Waals surface area contributed by atoms with Gasteiger partial charge in [0.2, 0.25) is 5.75 Å². The van der Waals surface area contributed by atoms with E-state index >= 15 is 0 Å². The van der Waals surface area contributed by atoms with E-state index in [2.05, 4.69) is 5.32 Å². The van der Waals surface area contributed by atoms with Gasteiger partial charge in [-0.05, 0) is 30.8 Å². The molecule has 0 saturated heterocycles. The quantitative estimate of drug-likeness (QED) is 0.695. The summed E-state index contributed by atoms with van der Waals surface area (Å²) >= 11 is 0. The monoisotopic (exact) mass is 359 g/mol. The molecule has 1 aliphatic rings. The Bertz CT molecular complexity index is 684. The van der Waals surface area contributed by atoms with Crippen LogP contribution in [0.25, 0.3) is 0 Å². The Morgan fingerprint density at radius 3 is 2.42 bits per heavy atom. The van der Waals surface area contributed by atoms with Gasteiger partial charge in [-0.3, -0.25) is 0 Å². The number of hydrogen-bond donors (Lipinski definition) is 1. The topological polar surface area (TPSA) is 58.2 Å². The van der Waals surface area contributed by atoms with Crippen molar-refractivity contribution in [2.24, 2.45) is 0 Å². The van der Waals surface area contributed by atoms with Crippen LogP contribution in [0, 0.1) is 0 Å². The van der Waals surface area contributed by atoms with Crippen LogP contribution in [0.4, 0.5) is 0 Å². The molecule has 0 aliphatic carbocycles. The lowest BCUT2D eigenvalue weighted by molar-refractivity contribution is 0.0847. The van der Waals surface area contributed by atoms with Gasteiger partial charge >= 0.3 is 0 Å². The first-order chi connectivity index (χ1) is 12.8. The predicted octanol–water partition coefficient (Wildman–Crippen LogP) is 2.90. The summed E-state index contributed by atoms with van der Waals surface area (Å²) in [4.78, 5) is 0. The van der Waals surface area contributed by atoms with Gasteiger partial charge in [0.1, 0.15) is 19.3 Å². The number of rotatable bonds is 9. The molecule has 0 radical (unpaired) electrons. The van der Waals surface area contributed by atoms with Crippen molar-refractivity contribution in [2.75, 3.05) is 40.5 Å². The number of methoxy groups -OCH3 is 2. The van der Waals surface area contributed by atoms with Gasteiger partial charge in [0.25, 0.3) is 0 Å². The molecule has 0 aromatic heterocycles. The van der Waals surface area contributed by atoms with Gasteiger partial charge in [0.05, 0.1) is 14.2 Å². The molecule has 6 heteroatoms. The molecule has 1 atom stereocenters. The summed E-state index contributed by atoms with van der Waals surface area (Å²) in [7, 11) is 3.23. The molecule has 2 aromatic carbocycles. The second kappa shape index (κ2) is 9.20. The van der Waals surface area contributed by atoms with Gasteiger partial charge in [-0.25, -0.2) is 0 Å². The molecule has 26 heavy (non-hydrogen) atoms. The molecule has 0 amide bonds. The smallest absolute Gasteiger partial charge is 0.203 e. The number of nitrogens with one attached hydrogen (secondary N) is 1. The molecular formula is C20H25NO5. The Kier molecular flexibility index (Phi) is 6.44. The summed E-state index contributed by atoms with van der Waals surface area (Å²) < 4.78 is 28.1. The van der Waals surface area contributed by atoms with Gasteiger partial charge in [-0.1, -0.05) is 18.2 Å². The fourth-order valence-corrected chi connectivity index (χ4v) is 2.78. The molecule has 1 N–H and O–H groups in total. The van der Waals surface area contributed by atoms with E-state index in [9.17, 15) is 0 Å². The van der Waals surface area contributed by atoms with Gasteiger partial charge < -0.3 is 29.0 Å². The molecule has 1 unspecified atom stereocenters. The van der Waals surface area contributed by atoms with Gasteiger partial charge in [0.15, 0.2) is 23.0 Å². The summed E-state index contributed by atoms with van der Waals surface area (Å²) in [6, 6.07) is 13.3. The highest BCUT2D eigenvalue weighted by Crippen LogP contribution is 2.36. The zero-order chi connectivity index (χ0) is 18.2. The maximum atomic E-state index is 5.94. The molecule has 1 aliphatic heterocycles. The minimum absolute atomic E-state index is 0.0626. The van der Waals surface area contributed by atoms with Crippen molar-refractivity contribution in [3.8, 4) is 28.7 Å². The van der Waals surface area contributed by atoms with Crippen LogP contribution in [0.3, 0.4) is 0 Å². The van der Waals surface area contributed by atoms with Crippen molar-refractivity contribution in [2.45, 2.75) is 12.5 Å². The van der Waals surface area contributed by atoms with Crippen molar-refractivity contribution < 1.29 is 23.7 Å². The Labute approximate surface area is 154 Å². The average molecular weight is 359 g/mol. The number of benzene rings is 2. The zero-order valence-electron chi connectivity index (χ0n) is 15.2. The lowest BCUT2D eigenvalue weighted by Gasteiger charge is -2.26. The van der Waals surface area contributed by atoms with Gasteiger partial charge in [-0.2, -0.15) is 0 Å².